The number of nitrogens with zero attached hydrogens (tertiary/aromatic N) is 1. The van der Waals surface area contributed by atoms with Crippen LogP contribution in [0.15, 0.2) is 30.3 Å². The zero-order valence-electron chi connectivity index (χ0n) is 10.6. The van der Waals surface area contributed by atoms with Crippen molar-refractivity contribution in [3.05, 3.63) is 40.4 Å². The number of nitro groups is 1. The first kappa shape index (κ1) is 19.8. The maximum absolute atomic E-state index is 10.0. The van der Waals surface area contributed by atoms with E-state index >= 15 is 0 Å². The number of rotatable bonds is 1. The molecule has 0 saturated carbocycles. The van der Waals surface area contributed by atoms with E-state index in [2.05, 4.69) is 0 Å². The molecule has 16 heavy (non-hydrogen) atoms. The minimum Gasteiger partial charge on any atom is -0.304 e. The average molecular weight is 227 g/mol. The molecular formula is C12H21NO3. The fraction of sp³-hybridized carbons (Fsp3) is 0.417. The number of nitro benzene ring substituents is 1. The standard InChI is InChI=1S/C6H5NO2.C2H4O.2C2H6/c8-7(9)6-4-2-1-3-5-6;1-2-3;2*1-2/h1-5H;2H,1H3;2*1-2H3. The van der Waals surface area contributed by atoms with Gasteiger partial charge in [0.05, 0.1) is 4.92 Å². The van der Waals surface area contributed by atoms with Gasteiger partial charge in [-0.2, -0.15) is 0 Å². The number of aldehydes is 1. The van der Waals surface area contributed by atoms with E-state index in [1.165, 1.54) is 19.1 Å². The van der Waals surface area contributed by atoms with Gasteiger partial charge in [-0.1, -0.05) is 45.9 Å². The molecule has 0 fully saturated rings. The van der Waals surface area contributed by atoms with Crippen molar-refractivity contribution in [2.45, 2.75) is 34.6 Å². The summed E-state index contributed by atoms with van der Waals surface area (Å²) in [6, 6.07) is 7.93. The summed E-state index contributed by atoms with van der Waals surface area (Å²) in [7, 11) is 0. The third-order valence-corrected chi connectivity index (χ3v) is 0.967. The quantitative estimate of drug-likeness (QED) is 0.416. The van der Waals surface area contributed by atoms with E-state index < -0.39 is 4.92 Å². The molecule has 0 aliphatic carbocycles. The Bertz CT molecular complexity index is 248. The van der Waals surface area contributed by atoms with Crippen LogP contribution in [-0.4, -0.2) is 11.2 Å². The Morgan fingerprint density at radius 2 is 1.38 bits per heavy atom. The molecule has 0 saturated heterocycles. The van der Waals surface area contributed by atoms with Crippen LogP contribution < -0.4 is 0 Å². The Hall–Kier alpha value is -1.71. The number of carbonyl (C=O) groups excluding carboxylic acids is 1. The SMILES string of the molecule is CC.CC.CC=O.O=[N+]([O-])c1ccccc1. The second-order valence-electron chi connectivity index (χ2n) is 1.83. The van der Waals surface area contributed by atoms with Gasteiger partial charge >= 0.3 is 0 Å². The highest BCUT2D eigenvalue weighted by Crippen LogP contribution is 2.06. The summed E-state index contributed by atoms with van der Waals surface area (Å²) in [6.07, 6.45) is 0.750. The van der Waals surface area contributed by atoms with Crippen molar-refractivity contribution < 1.29 is 9.72 Å². The van der Waals surface area contributed by atoms with E-state index in [-0.39, 0.29) is 5.69 Å². The average Bonchev–Trinajstić information content (AvgIpc) is 2.36. The molecule has 4 heteroatoms. The lowest BCUT2D eigenvalue weighted by atomic mass is 10.3. The van der Waals surface area contributed by atoms with Crippen molar-refractivity contribution in [2.75, 3.05) is 0 Å². The first-order chi connectivity index (χ1) is 7.72. The second kappa shape index (κ2) is 19.0. The second-order valence-corrected chi connectivity index (χ2v) is 1.83. The van der Waals surface area contributed by atoms with Gasteiger partial charge < -0.3 is 4.79 Å². The monoisotopic (exact) mass is 227 g/mol. The molecule has 0 atom stereocenters. The van der Waals surface area contributed by atoms with Gasteiger partial charge in [-0.15, -0.1) is 0 Å². The lowest BCUT2D eigenvalue weighted by Gasteiger charge is -1.85. The normalized spacial score (nSPS) is 6.56. The van der Waals surface area contributed by atoms with Crippen LogP contribution in [0.2, 0.25) is 0 Å². The lowest BCUT2D eigenvalue weighted by Crippen LogP contribution is -1.84. The third kappa shape index (κ3) is 14.8. The Balaban J connectivity index is -0.000000206. The molecular weight excluding hydrogens is 206 g/mol. The van der Waals surface area contributed by atoms with Crippen LogP contribution in [0.3, 0.4) is 0 Å². The number of benzene rings is 1. The predicted octanol–water partition coefficient (Wildman–Crippen LogP) is 3.85. The molecule has 1 aromatic rings. The van der Waals surface area contributed by atoms with Crippen LogP contribution in [-0.2, 0) is 4.79 Å². The van der Waals surface area contributed by atoms with Crippen molar-refractivity contribution >= 4 is 12.0 Å². The molecule has 0 amide bonds. The van der Waals surface area contributed by atoms with Crippen LogP contribution in [0.5, 0.6) is 0 Å². The molecule has 0 aromatic heterocycles. The molecule has 0 heterocycles. The Labute approximate surface area is 97.5 Å². The maximum atomic E-state index is 10.0. The smallest absolute Gasteiger partial charge is 0.269 e. The summed E-state index contributed by atoms with van der Waals surface area (Å²) in [5, 5.41) is 10.0. The summed E-state index contributed by atoms with van der Waals surface area (Å²) in [4.78, 5) is 18.4. The molecule has 1 rings (SSSR count). The summed E-state index contributed by atoms with van der Waals surface area (Å²) in [5.74, 6) is 0. The number of non-ortho nitro benzene ring substituents is 1. The largest absolute Gasteiger partial charge is 0.304 e. The number of hydrogen-bond acceptors (Lipinski definition) is 3. The van der Waals surface area contributed by atoms with E-state index in [9.17, 15) is 10.1 Å². The molecule has 0 aliphatic heterocycles. The highest BCUT2D eigenvalue weighted by Gasteiger charge is 1.98. The Morgan fingerprint density at radius 1 is 1.06 bits per heavy atom. The molecule has 1 aromatic carbocycles. The van der Waals surface area contributed by atoms with Crippen LogP contribution in [0.25, 0.3) is 0 Å². The van der Waals surface area contributed by atoms with Crippen molar-refractivity contribution in [1.29, 1.82) is 0 Å². The fourth-order valence-corrected chi connectivity index (χ4v) is 0.550. The highest BCUT2D eigenvalue weighted by atomic mass is 16.6. The fourth-order valence-electron chi connectivity index (χ4n) is 0.550. The summed E-state index contributed by atoms with van der Waals surface area (Å²) < 4.78 is 0. The molecule has 0 aliphatic rings. The van der Waals surface area contributed by atoms with E-state index in [1.54, 1.807) is 18.2 Å². The summed E-state index contributed by atoms with van der Waals surface area (Å²) in [6.45, 7) is 9.44. The zero-order chi connectivity index (χ0) is 13.4. The minimum atomic E-state index is -0.417. The van der Waals surface area contributed by atoms with Gasteiger partial charge in [-0.25, -0.2) is 0 Å². The van der Waals surface area contributed by atoms with Crippen LogP contribution in [0, 0.1) is 10.1 Å². The molecule has 0 radical (unpaired) electrons. The molecule has 0 N–H and O–H groups in total. The summed E-state index contributed by atoms with van der Waals surface area (Å²) >= 11 is 0. The predicted molar refractivity (Wildman–Crippen MR) is 67.5 cm³/mol. The van der Waals surface area contributed by atoms with Crippen LogP contribution in [0.1, 0.15) is 34.6 Å². The van der Waals surface area contributed by atoms with Crippen molar-refractivity contribution in [3.8, 4) is 0 Å². The van der Waals surface area contributed by atoms with E-state index in [0.717, 1.165) is 6.29 Å². The van der Waals surface area contributed by atoms with Gasteiger partial charge in [0.1, 0.15) is 6.29 Å². The first-order valence-corrected chi connectivity index (χ1v) is 5.31. The molecule has 0 spiro atoms. The lowest BCUT2D eigenvalue weighted by molar-refractivity contribution is -0.384. The molecule has 92 valence electrons. The van der Waals surface area contributed by atoms with Gasteiger partial charge in [-0.05, 0) is 6.92 Å². The summed E-state index contributed by atoms with van der Waals surface area (Å²) in [5.41, 5.74) is 0.137. The van der Waals surface area contributed by atoms with Gasteiger partial charge in [0.2, 0.25) is 0 Å². The topological polar surface area (TPSA) is 60.2 Å². The molecule has 0 bridgehead atoms. The van der Waals surface area contributed by atoms with Crippen molar-refractivity contribution in [3.63, 3.8) is 0 Å². The first-order valence-electron chi connectivity index (χ1n) is 5.31. The number of hydrogen-bond donors (Lipinski definition) is 0. The van der Waals surface area contributed by atoms with Crippen LogP contribution >= 0.6 is 0 Å². The number of para-hydroxylation sites is 1. The van der Waals surface area contributed by atoms with Gasteiger partial charge in [0.25, 0.3) is 5.69 Å². The third-order valence-electron chi connectivity index (χ3n) is 0.967. The number of carbonyl (C=O) groups is 1. The van der Waals surface area contributed by atoms with E-state index in [4.69, 9.17) is 4.79 Å². The van der Waals surface area contributed by atoms with Gasteiger partial charge in [-0.3, -0.25) is 10.1 Å². The van der Waals surface area contributed by atoms with Gasteiger partial charge in [0, 0.05) is 12.1 Å². The van der Waals surface area contributed by atoms with Gasteiger partial charge in [0.15, 0.2) is 0 Å². The maximum Gasteiger partial charge on any atom is 0.269 e. The van der Waals surface area contributed by atoms with Crippen molar-refractivity contribution in [1.82, 2.24) is 0 Å². The zero-order valence-corrected chi connectivity index (χ0v) is 10.6. The highest BCUT2D eigenvalue weighted by molar-refractivity contribution is 5.44. The van der Waals surface area contributed by atoms with E-state index in [0.29, 0.717) is 0 Å². The Kier molecular flexibility index (Phi) is 23.5. The van der Waals surface area contributed by atoms with E-state index in [1.807, 2.05) is 27.7 Å². The molecule has 0 unspecified atom stereocenters. The van der Waals surface area contributed by atoms with Crippen LogP contribution in [0.4, 0.5) is 5.69 Å². The van der Waals surface area contributed by atoms with Crippen molar-refractivity contribution in [2.24, 2.45) is 0 Å². The Morgan fingerprint density at radius 3 is 1.56 bits per heavy atom. The molecule has 4 nitrogen and oxygen atoms in total. The minimum absolute atomic E-state index is 0.137.